The van der Waals surface area contributed by atoms with Gasteiger partial charge in [-0.3, -0.25) is 0 Å². The van der Waals surface area contributed by atoms with Crippen LogP contribution in [0.1, 0.15) is 24.8 Å². The van der Waals surface area contributed by atoms with Crippen molar-refractivity contribution < 1.29 is 13.9 Å². The Hall–Kier alpha value is -1.00. The van der Waals surface area contributed by atoms with Crippen molar-refractivity contribution in [1.82, 2.24) is 4.90 Å². The van der Waals surface area contributed by atoms with Gasteiger partial charge in [-0.25, -0.2) is 8.78 Å². The number of aliphatic hydroxyl groups is 1. The van der Waals surface area contributed by atoms with Crippen LogP contribution in [0.15, 0.2) is 18.2 Å². The maximum absolute atomic E-state index is 13.4. The summed E-state index contributed by atoms with van der Waals surface area (Å²) in [4.78, 5) is 2.29. The minimum atomic E-state index is -0.527. The van der Waals surface area contributed by atoms with E-state index in [1.165, 1.54) is 12.1 Å². The van der Waals surface area contributed by atoms with Gasteiger partial charge in [0.25, 0.3) is 0 Å². The summed E-state index contributed by atoms with van der Waals surface area (Å²) < 4.78 is 26.1. The van der Waals surface area contributed by atoms with E-state index in [4.69, 9.17) is 0 Å². The molecule has 0 unspecified atom stereocenters. The van der Waals surface area contributed by atoms with E-state index in [9.17, 15) is 13.9 Å². The molecule has 0 saturated carbocycles. The van der Waals surface area contributed by atoms with Crippen LogP contribution in [-0.4, -0.2) is 35.7 Å². The van der Waals surface area contributed by atoms with Crippen LogP contribution in [0.3, 0.4) is 0 Å². The highest BCUT2D eigenvalue weighted by Crippen LogP contribution is 2.14. The Balaban J connectivity index is 1.75. The smallest absolute Gasteiger partial charge is 0.129 e. The first kappa shape index (κ1) is 13.4. The molecule has 1 aliphatic heterocycles. The maximum atomic E-state index is 13.4. The minimum absolute atomic E-state index is 0.157. The molecule has 2 rings (SSSR count). The number of aliphatic hydroxyl groups excluding tert-OH is 1. The van der Waals surface area contributed by atoms with E-state index >= 15 is 0 Å². The van der Waals surface area contributed by atoms with E-state index < -0.39 is 11.6 Å². The Morgan fingerprint density at radius 2 is 1.94 bits per heavy atom. The van der Waals surface area contributed by atoms with Gasteiger partial charge in [0.1, 0.15) is 11.6 Å². The van der Waals surface area contributed by atoms with Gasteiger partial charge in [0.2, 0.25) is 0 Å². The number of hydrogen-bond donors (Lipinski definition) is 1. The zero-order chi connectivity index (χ0) is 13.0. The van der Waals surface area contributed by atoms with Crippen molar-refractivity contribution >= 4 is 0 Å². The lowest BCUT2D eigenvalue weighted by Crippen LogP contribution is -2.36. The molecule has 0 spiro atoms. The van der Waals surface area contributed by atoms with Crippen molar-refractivity contribution in [3.63, 3.8) is 0 Å². The minimum Gasteiger partial charge on any atom is -0.393 e. The molecule has 0 amide bonds. The van der Waals surface area contributed by atoms with Gasteiger partial charge < -0.3 is 10.0 Å². The van der Waals surface area contributed by atoms with Gasteiger partial charge in [-0.15, -0.1) is 0 Å². The van der Waals surface area contributed by atoms with E-state index in [-0.39, 0.29) is 6.10 Å². The highest BCUT2D eigenvalue weighted by molar-refractivity contribution is 5.18. The molecule has 1 N–H and O–H groups in total. The molecule has 0 aromatic heterocycles. The molecule has 0 atom stereocenters. The first-order chi connectivity index (χ1) is 8.65. The maximum Gasteiger partial charge on any atom is 0.129 e. The van der Waals surface area contributed by atoms with Crippen LogP contribution >= 0.6 is 0 Å². The number of halogens is 2. The van der Waals surface area contributed by atoms with E-state index in [2.05, 4.69) is 4.90 Å². The predicted octanol–water partition coefficient (Wildman–Crippen LogP) is 2.35. The van der Waals surface area contributed by atoms with Gasteiger partial charge in [0.05, 0.1) is 6.10 Å². The fraction of sp³-hybridized carbons (Fsp3) is 0.571. The molecular weight excluding hydrogens is 236 g/mol. The van der Waals surface area contributed by atoms with E-state index in [1.54, 1.807) is 0 Å². The Morgan fingerprint density at radius 1 is 1.22 bits per heavy atom. The lowest BCUT2D eigenvalue weighted by molar-refractivity contribution is 0.0821. The zero-order valence-corrected chi connectivity index (χ0v) is 10.4. The molecule has 0 radical (unpaired) electrons. The third-order valence-corrected chi connectivity index (χ3v) is 3.49. The zero-order valence-electron chi connectivity index (χ0n) is 10.4. The first-order valence-corrected chi connectivity index (χ1v) is 6.49. The monoisotopic (exact) mass is 255 g/mol. The predicted molar refractivity (Wildman–Crippen MR) is 66.4 cm³/mol. The molecule has 4 heteroatoms. The lowest BCUT2D eigenvalue weighted by atomic mass is 10.1. The van der Waals surface area contributed by atoms with Crippen LogP contribution in [0.25, 0.3) is 0 Å². The number of likely N-dealkylation sites (tertiary alicyclic amines) is 1. The van der Waals surface area contributed by atoms with Crippen LogP contribution in [0, 0.1) is 11.6 Å². The molecule has 0 bridgehead atoms. The Bertz CT molecular complexity index is 389. The van der Waals surface area contributed by atoms with Gasteiger partial charge >= 0.3 is 0 Å². The van der Waals surface area contributed by atoms with Gasteiger partial charge in [-0.2, -0.15) is 0 Å². The molecule has 2 nitrogen and oxygen atoms in total. The normalized spacial score (nSPS) is 18.2. The average Bonchev–Trinajstić information content (AvgIpc) is 2.34. The highest BCUT2D eigenvalue weighted by atomic mass is 19.1. The number of nitrogens with zero attached hydrogens (tertiary/aromatic N) is 1. The Kier molecular flexibility index (Phi) is 4.66. The number of benzene rings is 1. The van der Waals surface area contributed by atoms with Crippen molar-refractivity contribution in [3.8, 4) is 0 Å². The topological polar surface area (TPSA) is 23.5 Å². The van der Waals surface area contributed by atoms with Crippen LogP contribution in [-0.2, 0) is 6.42 Å². The summed E-state index contributed by atoms with van der Waals surface area (Å²) in [6.45, 7) is 2.73. The van der Waals surface area contributed by atoms with Crippen LogP contribution in [0.2, 0.25) is 0 Å². The Morgan fingerprint density at radius 3 is 2.61 bits per heavy atom. The van der Waals surface area contributed by atoms with Crippen LogP contribution in [0.5, 0.6) is 0 Å². The average molecular weight is 255 g/mol. The molecule has 100 valence electrons. The van der Waals surface area contributed by atoms with Crippen LogP contribution in [0.4, 0.5) is 8.78 Å². The summed E-state index contributed by atoms with van der Waals surface area (Å²) in [7, 11) is 0. The van der Waals surface area contributed by atoms with Crippen LogP contribution < -0.4 is 0 Å². The van der Waals surface area contributed by atoms with Crippen molar-refractivity contribution in [2.24, 2.45) is 0 Å². The molecule has 1 fully saturated rings. The van der Waals surface area contributed by atoms with Gasteiger partial charge in [0, 0.05) is 19.2 Å². The number of hydrogen-bond acceptors (Lipinski definition) is 2. The quantitative estimate of drug-likeness (QED) is 0.892. The summed E-state index contributed by atoms with van der Waals surface area (Å²) >= 11 is 0. The summed E-state index contributed by atoms with van der Waals surface area (Å²) in [6.07, 6.45) is 2.98. The second-order valence-electron chi connectivity index (χ2n) is 4.91. The number of aryl methyl sites for hydroxylation is 1. The molecule has 1 saturated heterocycles. The third kappa shape index (κ3) is 3.75. The van der Waals surface area contributed by atoms with Gasteiger partial charge in [-0.05, 0) is 43.9 Å². The first-order valence-electron chi connectivity index (χ1n) is 6.49. The fourth-order valence-corrected chi connectivity index (χ4v) is 2.36. The van der Waals surface area contributed by atoms with Gasteiger partial charge in [0.15, 0.2) is 0 Å². The van der Waals surface area contributed by atoms with Crippen molar-refractivity contribution in [1.29, 1.82) is 0 Å². The van der Waals surface area contributed by atoms with E-state index in [0.29, 0.717) is 12.0 Å². The number of rotatable bonds is 4. The SMILES string of the molecule is OC1CCN(CCCc2ccc(F)cc2F)CC1. The summed E-state index contributed by atoms with van der Waals surface area (Å²) in [5.74, 6) is -0.981. The van der Waals surface area contributed by atoms with Crippen molar-refractivity contribution in [3.05, 3.63) is 35.4 Å². The summed E-state index contributed by atoms with van der Waals surface area (Å²) in [6, 6.07) is 3.76. The molecule has 1 aliphatic rings. The highest BCUT2D eigenvalue weighted by Gasteiger charge is 2.16. The third-order valence-electron chi connectivity index (χ3n) is 3.49. The molecule has 1 aromatic rings. The van der Waals surface area contributed by atoms with E-state index in [1.807, 2.05) is 0 Å². The molecule has 1 heterocycles. The second-order valence-corrected chi connectivity index (χ2v) is 4.91. The van der Waals surface area contributed by atoms with Crippen molar-refractivity contribution in [2.75, 3.05) is 19.6 Å². The molecular formula is C14H19F2NO. The van der Waals surface area contributed by atoms with Gasteiger partial charge in [-0.1, -0.05) is 6.07 Å². The molecule has 1 aromatic carbocycles. The van der Waals surface area contributed by atoms with E-state index in [0.717, 1.165) is 45.0 Å². The molecule has 18 heavy (non-hydrogen) atoms. The standard InChI is InChI=1S/C14H19F2NO/c15-12-4-3-11(14(16)10-12)2-1-7-17-8-5-13(18)6-9-17/h3-4,10,13,18H,1-2,5-9H2. The Labute approximate surface area is 106 Å². The lowest BCUT2D eigenvalue weighted by Gasteiger charge is -2.29. The van der Waals surface area contributed by atoms with Crippen molar-refractivity contribution in [2.45, 2.75) is 31.8 Å². The molecule has 0 aliphatic carbocycles. The summed E-state index contributed by atoms with van der Waals surface area (Å²) in [5, 5.41) is 9.38. The fourth-order valence-electron chi connectivity index (χ4n) is 2.36. The number of piperidine rings is 1. The summed E-state index contributed by atoms with van der Waals surface area (Å²) in [5.41, 5.74) is 0.577. The second kappa shape index (κ2) is 6.25. The largest absolute Gasteiger partial charge is 0.393 e.